The maximum Gasteiger partial charge on any atom is 0.409 e. The highest BCUT2D eigenvalue weighted by Gasteiger charge is 2.29. The zero-order valence-electron chi connectivity index (χ0n) is 16.7. The maximum absolute atomic E-state index is 11.8. The summed E-state index contributed by atoms with van der Waals surface area (Å²) in [6.45, 7) is 9.70. The number of carbonyl (C=O) groups excluding carboxylic acids is 1. The number of carbonyl (C=O) groups is 1. The fourth-order valence-electron chi connectivity index (χ4n) is 3.13. The summed E-state index contributed by atoms with van der Waals surface area (Å²) in [5.41, 5.74) is 0. The Morgan fingerprint density at radius 3 is 2.46 bits per heavy atom. The van der Waals surface area contributed by atoms with Crippen molar-refractivity contribution < 1.29 is 9.53 Å². The van der Waals surface area contributed by atoms with E-state index >= 15 is 0 Å². The topological polar surface area (TPSA) is 69.2 Å². The standard InChI is InChI=1S/C18H35N5O2.HI/c1-5-19-17(20-13-14(3)22(4)16-7-8-16)21-15-9-11-23(12-10-15)18(24)25-6-2;/h14-16H,5-13H2,1-4H3,(H2,19,20,21);1H. The van der Waals surface area contributed by atoms with Crippen LogP contribution in [0.5, 0.6) is 0 Å². The quantitative estimate of drug-likeness (QED) is 0.332. The Morgan fingerprint density at radius 1 is 1.27 bits per heavy atom. The van der Waals surface area contributed by atoms with E-state index in [4.69, 9.17) is 9.73 Å². The van der Waals surface area contributed by atoms with Gasteiger partial charge in [-0.1, -0.05) is 0 Å². The van der Waals surface area contributed by atoms with Crippen LogP contribution >= 0.6 is 24.0 Å². The van der Waals surface area contributed by atoms with Gasteiger partial charge < -0.3 is 20.3 Å². The lowest BCUT2D eigenvalue weighted by Crippen LogP contribution is -2.50. The van der Waals surface area contributed by atoms with Crippen molar-refractivity contribution in [1.82, 2.24) is 20.4 Å². The molecule has 1 aliphatic heterocycles. The Hall–Kier alpha value is -0.770. The minimum Gasteiger partial charge on any atom is -0.450 e. The molecule has 1 amide bonds. The van der Waals surface area contributed by atoms with Crippen LogP contribution < -0.4 is 10.6 Å². The molecule has 1 atom stereocenters. The predicted molar refractivity (Wildman–Crippen MR) is 116 cm³/mol. The molecule has 1 unspecified atom stereocenters. The number of nitrogens with zero attached hydrogens (tertiary/aromatic N) is 3. The average Bonchev–Trinajstić information content (AvgIpc) is 3.45. The van der Waals surface area contributed by atoms with Crippen LogP contribution in [0.25, 0.3) is 0 Å². The first-order chi connectivity index (χ1) is 12.0. The van der Waals surface area contributed by atoms with Gasteiger partial charge in [0.25, 0.3) is 0 Å². The summed E-state index contributed by atoms with van der Waals surface area (Å²) < 4.78 is 5.07. The summed E-state index contributed by atoms with van der Waals surface area (Å²) >= 11 is 0. The molecule has 0 radical (unpaired) electrons. The first kappa shape index (κ1) is 23.3. The highest BCUT2D eigenvalue weighted by atomic mass is 127. The summed E-state index contributed by atoms with van der Waals surface area (Å²) in [6, 6.07) is 1.56. The van der Waals surface area contributed by atoms with Gasteiger partial charge in [-0.05, 0) is 53.5 Å². The SMILES string of the molecule is CCNC(=NCC(C)N(C)C1CC1)NC1CCN(C(=O)OCC)CC1.I. The lowest BCUT2D eigenvalue weighted by atomic mass is 10.1. The molecule has 152 valence electrons. The van der Waals surface area contributed by atoms with Crippen LogP contribution in [0.3, 0.4) is 0 Å². The third-order valence-corrected chi connectivity index (χ3v) is 5.04. The third-order valence-electron chi connectivity index (χ3n) is 5.04. The molecule has 8 heteroatoms. The molecule has 2 N–H and O–H groups in total. The Morgan fingerprint density at radius 2 is 1.92 bits per heavy atom. The zero-order chi connectivity index (χ0) is 18.2. The number of hydrogen-bond acceptors (Lipinski definition) is 4. The van der Waals surface area contributed by atoms with E-state index in [2.05, 4.69) is 36.4 Å². The Balaban J connectivity index is 0.00000338. The largest absolute Gasteiger partial charge is 0.450 e. The van der Waals surface area contributed by atoms with Gasteiger partial charge in [0, 0.05) is 37.8 Å². The van der Waals surface area contributed by atoms with Crippen LogP contribution in [0.15, 0.2) is 4.99 Å². The lowest BCUT2D eigenvalue weighted by molar-refractivity contribution is 0.0963. The molecular formula is C18H36IN5O2. The molecule has 1 saturated carbocycles. The van der Waals surface area contributed by atoms with E-state index in [-0.39, 0.29) is 30.1 Å². The van der Waals surface area contributed by atoms with Gasteiger partial charge in [0.2, 0.25) is 0 Å². The number of hydrogen-bond donors (Lipinski definition) is 2. The zero-order valence-corrected chi connectivity index (χ0v) is 19.0. The fraction of sp³-hybridized carbons (Fsp3) is 0.889. The molecule has 7 nitrogen and oxygen atoms in total. The van der Waals surface area contributed by atoms with E-state index in [0.717, 1.165) is 51.0 Å². The van der Waals surface area contributed by atoms with Crippen molar-refractivity contribution in [2.45, 2.75) is 64.6 Å². The van der Waals surface area contributed by atoms with Gasteiger partial charge in [-0.15, -0.1) is 24.0 Å². The molecule has 2 rings (SSSR count). The second-order valence-corrected chi connectivity index (χ2v) is 7.07. The molecule has 0 aromatic carbocycles. The predicted octanol–water partition coefficient (Wildman–Crippen LogP) is 2.26. The number of amides is 1. The van der Waals surface area contributed by atoms with Crippen molar-refractivity contribution in [2.75, 3.05) is 39.8 Å². The molecular weight excluding hydrogens is 445 g/mol. The molecule has 0 aromatic rings. The normalized spacial score (nSPS) is 19.7. The molecule has 0 spiro atoms. The van der Waals surface area contributed by atoms with Crippen molar-refractivity contribution >= 4 is 36.0 Å². The van der Waals surface area contributed by atoms with E-state index < -0.39 is 0 Å². The van der Waals surface area contributed by atoms with Crippen molar-refractivity contribution in [3.05, 3.63) is 0 Å². The van der Waals surface area contributed by atoms with Crippen molar-refractivity contribution in [1.29, 1.82) is 0 Å². The number of nitrogens with one attached hydrogen (secondary N) is 2. The molecule has 0 bridgehead atoms. The smallest absolute Gasteiger partial charge is 0.409 e. The monoisotopic (exact) mass is 481 g/mol. The molecule has 2 fully saturated rings. The number of ether oxygens (including phenoxy) is 1. The van der Waals surface area contributed by atoms with Gasteiger partial charge in [-0.3, -0.25) is 9.89 Å². The van der Waals surface area contributed by atoms with Gasteiger partial charge in [0.1, 0.15) is 0 Å². The van der Waals surface area contributed by atoms with Crippen LogP contribution in [0.2, 0.25) is 0 Å². The number of likely N-dealkylation sites (N-methyl/N-ethyl adjacent to an activating group) is 1. The summed E-state index contributed by atoms with van der Waals surface area (Å²) in [5, 5.41) is 6.87. The van der Waals surface area contributed by atoms with Crippen LogP contribution in [-0.4, -0.2) is 79.8 Å². The minimum atomic E-state index is -0.196. The van der Waals surface area contributed by atoms with E-state index in [0.29, 0.717) is 18.7 Å². The Kier molecular flexibility index (Phi) is 10.6. The number of guanidine groups is 1. The second-order valence-electron chi connectivity index (χ2n) is 7.07. The van der Waals surface area contributed by atoms with Gasteiger partial charge >= 0.3 is 6.09 Å². The van der Waals surface area contributed by atoms with E-state index in [1.165, 1.54) is 12.8 Å². The molecule has 26 heavy (non-hydrogen) atoms. The molecule has 1 saturated heterocycles. The first-order valence-electron chi connectivity index (χ1n) is 9.73. The van der Waals surface area contributed by atoms with Crippen LogP contribution in [0.1, 0.15) is 46.5 Å². The first-order valence-corrected chi connectivity index (χ1v) is 9.73. The second kappa shape index (κ2) is 11.8. The molecule has 2 aliphatic rings. The number of likely N-dealkylation sites (tertiary alicyclic amines) is 1. The third kappa shape index (κ3) is 7.46. The van der Waals surface area contributed by atoms with E-state index in [1.54, 1.807) is 4.90 Å². The van der Waals surface area contributed by atoms with Gasteiger partial charge in [0.05, 0.1) is 13.2 Å². The average molecular weight is 481 g/mol. The van der Waals surface area contributed by atoms with Gasteiger partial charge in [0.15, 0.2) is 5.96 Å². The van der Waals surface area contributed by atoms with Crippen molar-refractivity contribution in [3.63, 3.8) is 0 Å². The Bertz CT molecular complexity index is 451. The van der Waals surface area contributed by atoms with Crippen LogP contribution in [0, 0.1) is 0 Å². The van der Waals surface area contributed by atoms with Crippen LogP contribution in [-0.2, 0) is 4.74 Å². The maximum atomic E-state index is 11.8. The molecule has 0 aromatic heterocycles. The van der Waals surface area contributed by atoms with Crippen molar-refractivity contribution in [3.8, 4) is 0 Å². The number of aliphatic imine (C=N–C) groups is 1. The van der Waals surface area contributed by atoms with Crippen molar-refractivity contribution in [2.24, 2.45) is 4.99 Å². The lowest BCUT2D eigenvalue weighted by Gasteiger charge is -2.32. The summed E-state index contributed by atoms with van der Waals surface area (Å²) in [6.07, 6.45) is 4.28. The van der Waals surface area contributed by atoms with E-state index in [9.17, 15) is 4.79 Å². The number of piperidine rings is 1. The summed E-state index contributed by atoms with van der Waals surface area (Å²) in [7, 11) is 2.20. The molecule has 1 aliphatic carbocycles. The highest BCUT2D eigenvalue weighted by Crippen LogP contribution is 2.26. The Labute approximate surface area is 175 Å². The van der Waals surface area contributed by atoms with Gasteiger partial charge in [-0.25, -0.2) is 4.79 Å². The summed E-state index contributed by atoms with van der Waals surface area (Å²) in [5.74, 6) is 0.883. The molecule has 1 heterocycles. The minimum absolute atomic E-state index is 0. The van der Waals surface area contributed by atoms with Crippen LogP contribution in [0.4, 0.5) is 4.79 Å². The van der Waals surface area contributed by atoms with Gasteiger partial charge in [-0.2, -0.15) is 0 Å². The number of halogens is 1. The number of rotatable bonds is 7. The fourth-order valence-corrected chi connectivity index (χ4v) is 3.13. The summed E-state index contributed by atoms with van der Waals surface area (Å²) in [4.78, 5) is 20.8. The highest BCUT2D eigenvalue weighted by molar-refractivity contribution is 14.0. The van der Waals surface area contributed by atoms with E-state index in [1.807, 2.05) is 6.92 Å².